The third-order valence-electron chi connectivity index (χ3n) is 3.68. The Kier molecular flexibility index (Phi) is 6.69. The van der Waals surface area contributed by atoms with Gasteiger partial charge >= 0.3 is 5.97 Å². The molecule has 0 aromatic heterocycles. The zero-order valence-corrected chi connectivity index (χ0v) is 14.1. The van der Waals surface area contributed by atoms with Crippen molar-refractivity contribution in [1.29, 1.82) is 0 Å². The maximum atomic E-state index is 12.8. The second kappa shape index (κ2) is 8.75. The number of nitrogens with one attached hydrogen (secondary N) is 1. The average molecular weight is 337 g/mol. The highest BCUT2D eigenvalue weighted by Gasteiger charge is 2.21. The number of piperazine rings is 1. The molecule has 1 fully saturated rings. The quantitative estimate of drug-likeness (QED) is 0.794. The molecular weight excluding hydrogens is 313 g/mol. The van der Waals surface area contributed by atoms with Crippen molar-refractivity contribution in [3.63, 3.8) is 0 Å². The smallest absolute Gasteiger partial charge is 0.320 e. The summed E-state index contributed by atoms with van der Waals surface area (Å²) in [6.07, 6.45) is -0.103. The van der Waals surface area contributed by atoms with Crippen LogP contribution in [0.25, 0.3) is 0 Å². The first kappa shape index (κ1) is 18.4. The fourth-order valence-corrected chi connectivity index (χ4v) is 2.53. The molecule has 0 bridgehead atoms. The topological polar surface area (TPSA) is 61.9 Å². The lowest BCUT2D eigenvalue weighted by Gasteiger charge is -2.33. The largest absolute Gasteiger partial charge is 0.462 e. The summed E-state index contributed by atoms with van der Waals surface area (Å²) in [7, 11) is 0. The lowest BCUT2D eigenvalue weighted by atomic mass is 10.3. The van der Waals surface area contributed by atoms with Gasteiger partial charge in [-0.1, -0.05) is 0 Å². The predicted molar refractivity (Wildman–Crippen MR) is 89.1 cm³/mol. The second-order valence-corrected chi connectivity index (χ2v) is 6.15. The van der Waals surface area contributed by atoms with Crippen LogP contribution in [0.1, 0.15) is 13.8 Å². The van der Waals surface area contributed by atoms with Gasteiger partial charge in [0.15, 0.2) is 0 Å². The molecular formula is C17H24FN3O3. The number of benzene rings is 1. The van der Waals surface area contributed by atoms with Crippen molar-refractivity contribution in [2.24, 2.45) is 0 Å². The standard InChI is InChI=1S/C17H24FN3O3/c1-13(2)24-17(23)12-21-9-7-20(8-10-21)11-16(22)19-15-5-3-14(18)4-6-15/h3-6,13H,7-12H2,1-2H3,(H,19,22). The van der Waals surface area contributed by atoms with Crippen molar-refractivity contribution in [3.05, 3.63) is 30.1 Å². The fraction of sp³-hybridized carbons (Fsp3) is 0.529. The van der Waals surface area contributed by atoms with Crippen molar-refractivity contribution in [3.8, 4) is 0 Å². The number of rotatable bonds is 6. The van der Waals surface area contributed by atoms with E-state index in [9.17, 15) is 14.0 Å². The molecule has 1 aliphatic rings. The summed E-state index contributed by atoms with van der Waals surface area (Å²) < 4.78 is 18.0. The van der Waals surface area contributed by atoms with Crippen LogP contribution in [0.3, 0.4) is 0 Å². The minimum Gasteiger partial charge on any atom is -0.462 e. The molecule has 0 atom stereocenters. The second-order valence-electron chi connectivity index (χ2n) is 6.15. The van der Waals surface area contributed by atoms with E-state index in [4.69, 9.17) is 4.74 Å². The molecule has 0 saturated carbocycles. The van der Waals surface area contributed by atoms with Crippen LogP contribution < -0.4 is 5.32 Å². The van der Waals surface area contributed by atoms with Gasteiger partial charge in [-0.05, 0) is 38.1 Å². The number of halogens is 1. The first-order valence-corrected chi connectivity index (χ1v) is 8.12. The van der Waals surface area contributed by atoms with E-state index in [2.05, 4.69) is 5.32 Å². The number of hydrogen-bond donors (Lipinski definition) is 1. The van der Waals surface area contributed by atoms with Crippen LogP contribution in [-0.2, 0) is 14.3 Å². The van der Waals surface area contributed by atoms with Crippen molar-refractivity contribution in [2.45, 2.75) is 20.0 Å². The number of ether oxygens (including phenoxy) is 1. The number of amides is 1. The maximum absolute atomic E-state index is 12.8. The van der Waals surface area contributed by atoms with E-state index >= 15 is 0 Å². The molecule has 132 valence electrons. The predicted octanol–water partition coefficient (Wildman–Crippen LogP) is 1.33. The SMILES string of the molecule is CC(C)OC(=O)CN1CCN(CC(=O)Nc2ccc(F)cc2)CC1. The molecule has 1 saturated heterocycles. The zero-order valence-electron chi connectivity index (χ0n) is 14.1. The molecule has 1 aliphatic heterocycles. The Hall–Kier alpha value is -1.99. The molecule has 1 aromatic carbocycles. The maximum Gasteiger partial charge on any atom is 0.320 e. The van der Waals surface area contributed by atoms with Gasteiger partial charge in [0.1, 0.15) is 5.82 Å². The minimum absolute atomic E-state index is 0.103. The summed E-state index contributed by atoms with van der Waals surface area (Å²) in [4.78, 5) is 27.7. The van der Waals surface area contributed by atoms with Crippen LogP contribution >= 0.6 is 0 Å². The zero-order chi connectivity index (χ0) is 17.5. The Morgan fingerprint density at radius 3 is 2.17 bits per heavy atom. The van der Waals surface area contributed by atoms with E-state index in [1.165, 1.54) is 24.3 Å². The normalized spacial score (nSPS) is 16.2. The monoisotopic (exact) mass is 337 g/mol. The van der Waals surface area contributed by atoms with Gasteiger partial charge in [0.25, 0.3) is 0 Å². The van der Waals surface area contributed by atoms with Gasteiger partial charge in [0.05, 0.1) is 19.2 Å². The molecule has 1 amide bonds. The average Bonchev–Trinajstić information content (AvgIpc) is 2.51. The number of carbonyl (C=O) groups excluding carboxylic acids is 2. The van der Waals surface area contributed by atoms with Gasteiger partial charge in [0, 0.05) is 31.9 Å². The molecule has 24 heavy (non-hydrogen) atoms. The molecule has 0 unspecified atom stereocenters. The molecule has 0 aliphatic carbocycles. The van der Waals surface area contributed by atoms with E-state index in [0.717, 1.165) is 13.1 Å². The molecule has 2 rings (SSSR count). The van der Waals surface area contributed by atoms with Crippen LogP contribution in [0.5, 0.6) is 0 Å². The van der Waals surface area contributed by atoms with Crippen LogP contribution in [0.2, 0.25) is 0 Å². The van der Waals surface area contributed by atoms with E-state index in [0.29, 0.717) is 18.8 Å². The third kappa shape index (κ3) is 6.25. The Labute approximate surface area is 141 Å². The highest BCUT2D eigenvalue weighted by atomic mass is 19.1. The van der Waals surface area contributed by atoms with Crippen molar-refractivity contribution in [2.75, 3.05) is 44.6 Å². The summed E-state index contributed by atoms with van der Waals surface area (Å²) >= 11 is 0. The van der Waals surface area contributed by atoms with Crippen LogP contribution in [0.4, 0.5) is 10.1 Å². The molecule has 1 heterocycles. The summed E-state index contributed by atoms with van der Waals surface area (Å²) in [5.41, 5.74) is 0.580. The minimum atomic E-state index is -0.333. The summed E-state index contributed by atoms with van der Waals surface area (Å²) in [5.74, 6) is -0.679. The third-order valence-corrected chi connectivity index (χ3v) is 3.68. The highest BCUT2D eigenvalue weighted by molar-refractivity contribution is 5.92. The highest BCUT2D eigenvalue weighted by Crippen LogP contribution is 2.09. The molecule has 1 aromatic rings. The van der Waals surface area contributed by atoms with E-state index in [1.54, 1.807) is 0 Å². The van der Waals surface area contributed by atoms with E-state index < -0.39 is 0 Å². The van der Waals surface area contributed by atoms with Crippen LogP contribution in [-0.4, -0.2) is 67.0 Å². The number of carbonyl (C=O) groups is 2. The van der Waals surface area contributed by atoms with Crippen molar-refractivity contribution >= 4 is 17.6 Å². The number of hydrogen-bond acceptors (Lipinski definition) is 5. The van der Waals surface area contributed by atoms with Crippen LogP contribution in [0, 0.1) is 5.82 Å². The Morgan fingerprint density at radius 2 is 1.62 bits per heavy atom. The van der Waals surface area contributed by atoms with E-state index in [-0.39, 0.29) is 36.9 Å². The van der Waals surface area contributed by atoms with Gasteiger partial charge in [0.2, 0.25) is 5.91 Å². The lowest BCUT2D eigenvalue weighted by molar-refractivity contribution is -0.149. The summed E-state index contributed by atoms with van der Waals surface area (Å²) in [6, 6.07) is 5.69. The number of esters is 1. The first-order chi connectivity index (χ1) is 11.4. The molecule has 7 heteroatoms. The van der Waals surface area contributed by atoms with Gasteiger partial charge in [-0.25, -0.2) is 4.39 Å². The van der Waals surface area contributed by atoms with Gasteiger partial charge in [-0.2, -0.15) is 0 Å². The fourth-order valence-electron chi connectivity index (χ4n) is 2.53. The van der Waals surface area contributed by atoms with Crippen LogP contribution in [0.15, 0.2) is 24.3 Å². The van der Waals surface area contributed by atoms with Gasteiger partial charge < -0.3 is 10.1 Å². The molecule has 0 radical (unpaired) electrons. The van der Waals surface area contributed by atoms with Gasteiger partial charge in [-0.3, -0.25) is 19.4 Å². The number of nitrogens with zero attached hydrogens (tertiary/aromatic N) is 2. The Balaban J connectivity index is 1.69. The van der Waals surface area contributed by atoms with Gasteiger partial charge in [-0.15, -0.1) is 0 Å². The first-order valence-electron chi connectivity index (χ1n) is 8.12. The molecule has 6 nitrogen and oxygen atoms in total. The molecule has 1 N–H and O–H groups in total. The van der Waals surface area contributed by atoms with E-state index in [1.807, 2.05) is 23.6 Å². The lowest BCUT2D eigenvalue weighted by Crippen LogP contribution is -2.50. The summed E-state index contributed by atoms with van der Waals surface area (Å²) in [6.45, 7) is 7.09. The van der Waals surface area contributed by atoms with Crippen molar-refractivity contribution < 1.29 is 18.7 Å². The summed E-state index contributed by atoms with van der Waals surface area (Å²) in [5, 5.41) is 2.75. The Bertz CT molecular complexity index is 555. The molecule has 0 spiro atoms. The Morgan fingerprint density at radius 1 is 1.08 bits per heavy atom. The van der Waals surface area contributed by atoms with Crippen molar-refractivity contribution in [1.82, 2.24) is 9.80 Å². The number of anilines is 1.